The zero-order valence-corrected chi connectivity index (χ0v) is 11.5. The summed E-state index contributed by atoms with van der Waals surface area (Å²) in [6.07, 6.45) is 3.83. The van der Waals surface area contributed by atoms with Crippen molar-refractivity contribution in [3.05, 3.63) is 28.5 Å². The van der Waals surface area contributed by atoms with Gasteiger partial charge in [-0.2, -0.15) is 0 Å². The van der Waals surface area contributed by atoms with E-state index in [-0.39, 0.29) is 10.8 Å². The van der Waals surface area contributed by atoms with Crippen LogP contribution in [0.2, 0.25) is 5.02 Å². The van der Waals surface area contributed by atoms with E-state index >= 15 is 0 Å². The predicted octanol–water partition coefficient (Wildman–Crippen LogP) is 3.77. The largest absolute Gasteiger partial charge is 0.494 e. The van der Waals surface area contributed by atoms with Crippen LogP contribution in [0.4, 0.5) is 4.39 Å². The second kappa shape index (κ2) is 5.37. The van der Waals surface area contributed by atoms with Crippen molar-refractivity contribution in [1.29, 1.82) is 0 Å². The third-order valence-corrected chi connectivity index (χ3v) is 4.16. The van der Waals surface area contributed by atoms with E-state index in [1.165, 1.54) is 19.2 Å². The van der Waals surface area contributed by atoms with Gasteiger partial charge in [-0.3, -0.25) is 4.79 Å². The first-order chi connectivity index (χ1) is 9.01. The van der Waals surface area contributed by atoms with E-state index in [1.54, 1.807) is 0 Å². The summed E-state index contributed by atoms with van der Waals surface area (Å²) in [5, 5.41) is 9.49. The number of carboxylic acids is 1. The number of methoxy groups -OCH3 is 1. The summed E-state index contributed by atoms with van der Waals surface area (Å²) < 4.78 is 18.6. The second-order valence-electron chi connectivity index (χ2n) is 4.92. The predicted molar refractivity (Wildman–Crippen MR) is 70.4 cm³/mol. The van der Waals surface area contributed by atoms with Gasteiger partial charge in [0, 0.05) is 0 Å². The highest BCUT2D eigenvalue weighted by Crippen LogP contribution is 2.42. The molecule has 1 saturated carbocycles. The molecule has 0 saturated heterocycles. The van der Waals surface area contributed by atoms with E-state index < -0.39 is 17.2 Å². The number of rotatable bonds is 3. The molecule has 0 heterocycles. The molecule has 0 spiro atoms. The van der Waals surface area contributed by atoms with Gasteiger partial charge in [0.15, 0.2) is 11.6 Å². The topological polar surface area (TPSA) is 46.5 Å². The molecule has 1 aliphatic rings. The number of hydrogen-bond acceptors (Lipinski definition) is 2. The SMILES string of the molecule is COc1cc(C2(C(=O)O)CCCCC2)cc(Cl)c1F. The Balaban J connectivity index is 2.54. The van der Waals surface area contributed by atoms with Crippen molar-refractivity contribution in [2.24, 2.45) is 0 Å². The smallest absolute Gasteiger partial charge is 0.314 e. The van der Waals surface area contributed by atoms with Crippen molar-refractivity contribution < 1.29 is 19.0 Å². The van der Waals surface area contributed by atoms with Gasteiger partial charge in [0.1, 0.15) is 0 Å². The molecule has 0 aliphatic heterocycles. The number of benzene rings is 1. The van der Waals surface area contributed by atoms with E-state index in [0.717, 1.165) is 19.3 Å². The molecule has 0 aromatic heterocycles. The molecular weight excluding hydrogens is 271 g/mol. The Morgan fingerprint density at radius 1 is 1.37 bits per heavy atom. The third-order valence-electron chi connectivity index (χ3n) is 3.88. The molecule has 0 atom stereocenters. The van der Waals surface area contributed by atoms with Crippen molar-refractivity contribution in [3.63, 3.8) is 0 Å². The van der Waals surface area contributed by atoms with Crippen LogP contribution >= 0.6 is 11.6 Å². The molecule has 104 valence electrons. The lowest BCUT2D eigenvalue weighted by atomic mass is 9.69. The highest BCUT2D eigenvalue weighted by molar-refractivity contribution is 6.31. The Morgan fingerprint density at radius 3 is 2.53 bits per heavy atom. The Hall–Kier alpha value is -1.29. The zero-order chi connectivity index (χ0) is 14.0. The van der Waals surface area contributed by atoms with E-state index in [4.69, 9.17) is 16.3 Å². The van der Waals surface area contributed by atoms with Crippen LogP contribution in [0.1, 0.15) is 37.7 Å². The quantitative estimate of drug-likeness (QED) is 0.920. The normalized spacial score (nSPS) is 18.1. The zero-order valence-electron chi connectivity index (χ0n) is 10.7. The molecule has 0 radical (unpaired) electrons. The Bertz CT molecular complexity index is 496. The molecule has 3 nitrogen and oxygen atoms in total. The molecule has 5 heteroatoms. The number of aliphatic carboxylic acids is 1. The Morgan fingerprint density at radius 2 is 2.00 bits per heavy atom. The maximum atomic E-state index is 13.7. The number of ether oxygens (including phenoxy) is 1. The van der Waals surface area contributed by atoms with Crippen molar-refractivity contribution in [1.82, 2.24) is 0 Å². The van der Waals surface area contributed by atoms with Gasteiger partial charge in [0.2, 0.25) is 0 Å². The number of halogens is 2. The molecule has 1 N–H and O–H groups in total. The van der Waals surface area contributed by atoms with Crippen LogP contribution in [0.25, 0.3) is 0 Å². The second-order valence-corrected chi connectivity index (χ2v) is 5.33. The lowest BCUT2D eigenvalue weighted by molar-refractivity contribution is -0.145. The highest BCUT2D eigenvalue weighted by Gasteiger charge is 2.42. The van der Waals surface area contributed by atoms with E-state index in [1.807, 2.05) is 0 Å². The first-order valence-corrected chi connectivity index (χ1v) is 6.66. The maximum absolute atomic E-state index is 13.7. The van der Waals surface area contributed by atoms with Crippen molar-refractivity contribution >= 4 is 17.6 Å². The minimum atomic E-state index is -0.969. The Labute approximate surface area is 116 Å². The van der Waals surface area contributed by atoms with Crippen LogP contribution in [0.3, 0.4) is 0 Å². The average Bonchev–Trinajstić information content (AvgIpc) is 2.42. The summed E-state index contributed by atoms with van der Waals surface area (Å²) in [5.74, 6) is -1.53. The minimum Gasteiger partial charge on any atom is -0.494 e. The lowest BCUT2D eigenvalue weighted by Crippen LogP contribution is -2.37. The van der Waals surface area contributed by atoms with Crippen molar-refractivity contribution in [2.45, 2.75) is 37.5 Å². The maximum Gasteiger partial charge on any atom is 0.314 e. The first kappa shape index (κ1) is 14.1. The number of hydrogen-bond donors (Lipinski definition) is 1. The Kier molecular flexibility index (Phi) is 3.99. The summed E-state index contributed by atoms with van der Waals surface area (Å²) in [5.41, 5.74) is -0.439. The molecule has 2 rings (SSSR count). The molecule has 0 amide bonds. The summed E-state index contributed by atoms with van der Waals surface area (Å²) in [7, 11) is 1.34. The summed E-state index contributed by atoms with van der Waals surface area (Å²) in [6.45, 7) is 0. The average molecular weight is 287 g/mol. The van der Waals surface area contributed by atoms with Crippen molar-refractivity contribution in [3.8, 4) is 5.75 Å². The monoisotopic (exact) mass is 286 g/mol. The van der Waals surface area contributed by atoms with Crippen LogP contribution in [-0.2, 0) is 10.2 Å². The molecule has 0 unspecified atom stereocenters. The summed E-state index contributed by atoms with van der Waals surface area (Å²) >= 11 is 5.84. The van der Waals surface area contributed by atoms with Gasteiger partial charge in [-0.05, 0) is 30.5 Å². The molecule has 1 aliphatic carbocycles. The van der Waals surface area contributed by atoms with Crippen LogP contribution in [0, 0.1) is 5.82 Å². The molecule has 0 bridgehead atoms. The van der Waals surface area contributed by atoms with Gasteiger partial charge < -0.3 is 9.84 Å². The van der Waals surface area contributed by atoms with Crippen LogP contribution in [0.5, 0.6) is 5.75 Å². The van der Waals surface area contributed by atoms with Crippen LogP contribution < -0.4 is 4.74 Å². The molecule has 19 heavy (non-hydrogen) atoms. The van der Waals surface area contributed by atoms with Gasteiger partial charge in [0.05, 0.1) is 17.5 Å². The molecule has 1 aromatic carbocycles. The van der Waals surface area contributed by atoms with Crippen LogP contribution in [0.15, 0.2) is 12.1 Å². The fourth-order valence-corrected chi connectivity index (χ4v) is 2.98. The van der Waals surface area contributed by atoms with Gasteiger partial charge in [-0.15, -0.1) is 0 Å². The summed E-state index contributed by atoms with van der Waals surface area (Å²) in [6, 6.07) is 2.87. The standard InChI is InChI=1S/C14H16ClFO3/c1-19-11-8-9(7-10(15)12(11)16)14(13(17)18)5-3-2-4-6-14/h7-8H,2-6H2,1H3,(H,17,18). The first-order valence-electron chi connectivity index (χ1n) is 6.28. The fraction of sp³-hybridized carbons (Fsp3) is 0.500. The third kappa shape index (κ3) is 2.41. The number of carbonyl (C=O) groups is 1. The van der Waals surface area contributed by atoms with E-state index in [0.29, 0.717) is 18.4 Å². The number of carboxylic acid groups (broad SMARTS) is 1. The van der Waals surface area contributed by atoms with E-state index in [9.17, 15) is 14.3 Å². The lowest BCUT2D eigenvalue weighted by Gasteiger charge is -2.34. The molecule has 1 fully saturated rings. The van der Waals surface area contributed by atoms with Gasteiger partial charge in [0.25, 0.3) is 0 Å². The van der Waals surface area contributed by atoms with Gasteiger partial charge in [-0.1, -0.05) is 30.9 Å². The van der Waals surface area contributed by atoms with E-state index in [2.05, 4.69) is 0 Å². The fourth-order valence-electron chi connectivity index (χ4n) is 2.77. The molecule has 1 aromatic rings. The minimum absolute atomic E-state index is 0.00583. The van der Waals surface area contributed by atoms with Gasteiger partial charge in [-0.25, -0.2) is 4.39 Å². The molecular formula is C14H16ClFO3. The highest BCUT2D eigenvalue weighted by atomic mass is 35.5. The summed E-state index contributed by atoms with van der Waals surface area (Å²) in [4.78, 5) is 11.7. The van der Waals surface area contributed by atoms with Gasteiger partial charge >= 0.3 is 5.97 Å². The van der Waals surface area contributed by atoms with Crippen LogP contribution in [-0.4, -0.2) is 18.2 Å². The van der Waals surface area contributed by atoms with Crippen molar-refractivity contribution in [2.75, 3.05) is 7.11 Å².